The Morgan fingerprint density at radius 1 is 0.339 bits per heavy atom. The molecule has 0 aliphatic rings. The highest BCUT2D eigenvalue weighted by atomic mass is 32.1. The van der Waals surface area contributed by atoms with Crippen LogP contribution in [0.15, 0.2) is 212 Å². The summed E-state index contributed by atoms with van der Waals surface area (Å²) in [5, 5.41) is 9.89. The number of aromatic nitrogens is 1. The van der Waals surface area contributed by atoms with Crippen molar-refractivity contribution in [1.29, 1.82) is 0 Å². The Morgan fingerprint density at radius 2 is 0.774 bits per heavy atom. The predicted octanol–water partition coefficient (Wildman–Crippen LogP) is 17.0. The van der Waals surface area contributed by atoms with Crippen molar-refractivity contribution in [2.24, 2.45) is 0 Å². The van der Waals surface area contributed by atoms with Crippen LogP contribution < -0.4 is 9.80 Å². The lowest BCUT2D eigenvalue weighted by Gasteiger charge is -2.27. The third-order valence-corrected chi connectivity index (χ3v) is 13.5. The van der Waals surface area contributed by atoms with E-state index in [1.54, 1.807) is 0 Å². The van der Waals surface area contributed by atoms with Gasteiger partial charge in [0.2, 0.25) is 0 Å². The second-order valence-electron chi connectivity index (χ2n) is 16.3. The normalized spacial score (nSPS) is 11.7. The number of fused-ring (bicyclic) bond motifs is 10. The average Bonchev–Trinajstić information content (AvgIpc) is 3.85. The van der Waals surface area contributed by atoms with Gasteiger partial charge in [-0.05, 0) is 121 Å². The van der Waals surface area contributed by atoms with E-state index in [2.05, 4.69) is 241 Å². The van der Waals surface area contributed by atoms with E-state index in [-0.39, 0.29) is 0 Å². The number of para-hydroxylation sites is 2. The fourth-order valence-electron chi connectivity index (χ4n) is 9.74. The molecule has 2 aromatic heterocycles. The molecule has 12 aromatic rings. The molecule has 12 rings (SSSR count). The van der Waals surface area contributed by atoms with E-state index in [0.717, 1.165) is 50.8 Å². The van der Waals surface area contributed by atoms with Crippen molar-refractivity contribution in [3.63, 3.8) is 0 Å². The molecule has 62 heavy (non-hydrogen) atoms. The van der Waals surface area contributed by atoms with Gasteiger partial charge < -0.3 is 14.4 Å². The molecule has 0 bridgehead atoms. The molecule has 0 aliphatic carbocycles. The highest BCUT2D eigenvalue weighted by Gasteiger charge is 2.26. The lowest BCUT2D eigenvalue weighted by molar-refractivity contribution is 1.18. The van der Waals surface area contributed by atoms with E-state index in [4.69, 9.17) is 0 Å². The summed E-state index contributed by atoms with van der Waals surface area (Å²) < 4.78 is 5.13. The van der Waals surface area contributed by atoms with Crippen molar-refractivity contribution in [3.05, 3.63) is 223 Å². The number of rotatable bonds is 7. The van der Waals surface area contributed by atoms with Crippen LogP contribution in [-0.4, -0.2) is 4.57 Å². The Labute approximate surface area is 364 Å². The molecule has 0 saturated carbocycles. The molecule has 3 nitrogen and oxygen atoms in total. The fourth-order valence-corrected chi connectivity index (χ4v) is 10.8. The second-order valence-corrected chi connectivity index (χ2v) is 17.4. The van der Waals surface area contributed by atoms with Gasteiger partial charge in [0.15, 0.2) is 0 Å². The summed E-state index contributed by atoms with van der Waals surface area (Å²) in [5.74, 6) is 0. The molecule has 0 amide bonds. The maximum Gasteiger partial charge on any atom is 0.0568 e. The minimum atomic E-state index is 1.11. The summed E-state index contributed by atoms with van der Waals surface area (Å²) in [5.41, 5.74) is 12.6. The second kappa shape index (κ2) is 14.5. The van der Waals surface area contributed by atoms with Gasteiger partial charge in [0.05, 0.1) is 22.4 Å². The number of nitrogens with zero attached hydrogens (tertiary/aromatic N) is 3. The molecule has 0 spiro atoms. The number of thiophene rings is 1. The Balaban J connectivity index is 1.27. The smallest absolute Gasteiger partial charge is 0.0568 e. The van der Waals surface area contributed by atoms with Crippen molar-refractivity contribution in [3.8, 4) is 5.69 Å². The Hall–Kier alpha value is -7.66. The minimum absolute atomic E-state index is 1.11. The summed E-state index contributed by atoms with van der Waals surface area (Å²) in [4.78, 5) is 4.87. The van der Waals surface area contributed by atoms with E-state index in [1.165, 1.54) is 63.6 Å². The number of hydrogen-bond donors (Lipinski definition) is 0. The van der Waals surface area contributed by atoms with Gasteiger partial charge in [0.1, 0.15) is 0 Å². The van der Waals surface area contributed by atoms with E-state index >= 15 is 0 Å². The zero-order valence-corrected chi connectivity index (χ0v) is 35.3. The van der Waals surface area contributed by atoms with Gasteiger partial charge in [-0.25, -0.2) is 0 Å². The largest absolute Gasteiger partial charge is 0.310 e. The van der Waals surface area contributed by atoms with Gasteiger partial charge in [-0.3, -0.25) is 0 Å². The highest BCUT2D eigenvalue weighted by Crippen LogP contribution is 2.50. The average molecular weight is 812 g/mol. The molecule has 294 valence electrons. The number of hydrogen-bond acceptors (Lipinski definition) is 3. The van der Waals surface area contributed by atoms with E-state index < -0.39 is 0 Å². The zero-order chi connectivity index (χ0) is 41.3. The molecular formula is C58H41N3S. The minimum Gasteiger partial charge on any atom is -0.310 e. The van der Waals surface area contributed by atoms with Gasteiger partial charge >= 0.3 is 0 Å². The van der Waals surface area contributed by atoms with Crippen LogP contribution in [0.1, 0.15) is 11.1 Å². The third-order valence-electron chi connectivity index (χ3n) is 12.4. The van der Waals surface area contributed by atoms with Crippen molar-refractivity contribution in [2.45, 2.75) is 13.8 Å². The predicted molar refractivity (Wildman–Crippen MR) is 268 cm³/mol. The first-order valence-electron chi connectivity index (χ1n) is 21.3. The van der Waals surface area contributed by atoms with Crippen molar-refractivity contribution in [2.75, 3.05) is 9.80 Å². The van der Waals surface area contributed by atoms with E-state index in [0.29, 0.717) is 0 Å². The van der Waals surface area contributed by atoms with Crippen LogP contribution in [0.25, 0.3) is 69.2 Å². The first-order valence-corrected chi connectivity index (χ1v) is 22.1. The molecule has 0 N–H and O–H groups in total. The lowest BCUT2D eigenvalue weighted by Crippen LogP contribution is -2.11. The lowest BCUT2D eigenvalue weighted by atomic mass is 9.96. The monoisotopic (exact) mass is 811 g/mol. The van der Waals surface area contributed by atoms with Crippen molar-refractivity contribution in [1.82, 2.24) is 4.57 Å². The first-order chi connectivity index (χ1) is 30.6. The quantitative estimate of drug-likeness (QED) is 0.159. The van der Waals surface area contributed by atoms with E-state index in [1.807, 2.05) is 11.3 Å². The van der Waals surface area contributed by atoms with Crippen LogP contribution in [0.2, 0.25) is 0 Å². The highest BCUT2D eigenvalue weighted by molar-refractivity contribution is 7.25. The summed E-state index contributed by atoms with van der Waals surface area (Å²) in [7, 11) is 0. The first kappa shape index (κ1) is 36.2. The van der Waals surface area contributed by atoms with Crippen LogP contribution >= 0.6 is 11.3 Å². The number of aryl methyl sites for hydroxylation is 2. The Kier molecular flexibility index (Phi) is 8.48. The molecule has 0 fully saturated rings. The maximum atomic E-state index is 2.54. The standard InChI is InChI=1S/C58H41N3S/c1-38-17-15-23-42(33-38)59(40-19-5-3-6-20-40)51-36-53-57(48-28-11-9-25-45(48)51)58-49-29-12-10-26-46(49)52(60(41-21-7-4-8-22-41)43-24-16-18-39(2)34-43)37-54(58)61(53)44-31-32-56-50(35-44)47-27-13-14-30-55(47)62-56/h3-37H,1-2H3. The Bertz CT molecular complexity index is 3490. The third kappa shape index (κ3) is 5.79. The van der Waals surface area contributed by atoms with Gasteiger partial charge in [0.25, 0.3) is 0 Å². The van der Waals surface area contributed by atoms with Crippen molar-refractivity contribution >= 4 is 109 Å². The topological polar surface area (TPSA) is 11.4 Å². The molecule has 2 heterocycles. The van der Waals surface area contributed by atoms with Gasteiger partial charge in [-0.15, -0.1) is 11.3 Å². The molecule has 0 radical (unpaired) electrons. The SMILES string of the molecule is Cc1cccc(N(c2ccccc2)c2cc3c(c4ccccc24)c2c4ccccc4c(N(c4ccccc4)c4cccc(C)c4)cc2n3-c2ccc3sc4ccccc4c3c2)c1. The summed E-state index contributed by atoms with van der Waals surface area (Å²) in [6, 6.07) is 78.1. The van der Waals surface area contributed by atoms with Crippen LogP contribution in [0, 0.1) is 13.8 Å². The molecule has 0 atom stereocenters. The number of anilines is 6. The van der Waals surface area contributed by atoms with Gasteiger partial charge in [0, 0.05) is 70.2 Å². The van der Waals surface area contributed by atoms with Crippen LogP contribution in [0.5, 0.6) is 0 Å². The molecule has 4 heteroatoms. The maximum absolute atomic E-state index is 2.54. The summed E-state index contributed by atoms with van der Waals surface area (Å²) >= 11 is 1.86. The van der Waals surface area contributed by atoms with Crippen LogP contribution in [0.3, 0.4) is 0 Å². The molecule has 10 aromatic carbocycles. The van der Waals surface area contributed by atoms with Gasteiger partial charge in [-0.2, -0.15) is 0 Å². The number of benzene rings is 10. The summed E-state index contributed by atoms with van der Waals surface area (Å²) in [6.45, 7) is 4.35. The fraction of sp³-hybridized carbons (Fsp3) is 0.0345. The molecule has 0 saturated heterocycles. The van der Waals surface area contributed by atoms with Crippen LogP contribution in [0.4, 0.5) is 34.1 Å². The molecular weight excluding hydrogens is 771 g/mol. The summed E-state index contributed by atoms with van der Waals surface area (Å²) in [6.07, 6.45) is 0. The Morgan fingerprint density at radius 3 is 1.29 bits per heavy atom. The molecule has 0 aliphatic heterocycles. The van der Waals surface area contributed by atoms with Crippen molar-refractivity contribution < 1.29 is 0 Å². The van der Waals surface area contributed by atoms with E-state index in [9.17, 15) is 0 Å². The van der Waals surface area contributed by atoms with Gasteiger partial charge in [-0.1, -0.05) is 127 Å². The zero-order valence-electron chi connectivity index (χ0n) is 34.5. The molecule has 0 unspecified atom stereocenters. The van der Waals surface area contributed by atoms with Crippen LogP contribution in [-0.2, 0) is 0 Å².